The average molecular weight is 402 g/mol. The zero-order chi connectivity index (χ0) is 20.8. The molecule has 0 radical (unpaired) electrons. The van der Waals surface area contributed by atoms with Gasteiger partial charge >= 0.3 is 0 Å². The molecule has 0 aromatic heterocycles. The van der Waals surface area contributed by atoms with E-state index in [1.807, 2.05) is 12.1 Å². The number of benzene rings is 3. The predicted octanol–water partition coefficient (Wildman–Crippen LogP) is 7.18. The minimum atomic E-state index is 0.253. The van der Waals surface area contributed by atoms with Crippen LogP contribution in [0.4, 0.5) is 11.4 Å². The van der Waals surface area contributed by atoms with Gasteiger partial charge in [-0.15, -0.1) is 0 Å². The highest BCUT2D eigenvalue weighted by atomic mass is 16.5. The van der Waals surface area contributed by atoms with E-state index in [2.05, 4.69) is 60.4 Å². The summed E-state index contributed by atoms with van der Waals surface area (Å²) in [7, 11) is 0. The molecule has 0 saturated carbocycles. The van der Waals surface area contributed by atoms with Crippen LogP contribution in [0, 0.1) is 0 Å². The Hall–Kier alpha value is -2.94. The Kier molecular flexibility index (Phi) is 6.58. The van der Waals surface area contributed by atoms with Crippen molar-refractivity contribution in [2.24, 2.45) is 0 Å². The molecule has 3 heteroatoms. The lowest BCUT2D eigenvalue weighted by molar-refractivity contribution is 0.305. The summed E-state index contributed by atoms with van der Waals surface area (Å²) in [5.74, 6) is 1.24. The first-order chi connectivity index (χ1) is 14.8. The van der Waals surface area contributed by atoms with E-state index in [-0.39, 0.29) is 6.04 Å². The van der Waals surface area contributed by atoms with Gasteiger partial charge in [-0.05, 0) is 72.9 Å². The van der Waals surface area contributed by atoms with Crippen molar-refractivity contribution in [2.75, 3.05) is 11.5 Å². The maximum Gasteiger partial charge on any atom is 0.119 e. The van der Waals surface area contributed by atoms with Gasteiger partial charge in [0.1, 0.15) is 11.5 Å². The molecule has 3 aromatic carbocycles. The Bertz CT molecular complexity index is 934. The summed E-state index contributed by atoms with van der Waals surface area (Å²) in [5, 5.41) is 9.75. The number of hydrogen-bond donors (Lipinski definition) is 1. The molecular weight excluding hydrogens is 370 g/mol. The zero-order valence-corrected chi connectivity index (χ0v) is 17.8. The van der Waals surface area contributed by atoms with E-state index in [9.17, 15) is 5.11 Å². The topological polar surface area (TPSA) is 32.7 Å². The number of aryl methyl sites for hydroxylation is 1. The van der Waals surface area contributed by atoms with Gasteiger partial charge in [0, 0.05) is 11.4 Å². The largest absolute Gasteiger partial charge is 0.508 e. The maximum absolute atomic E-state index is 9.75. The van der Waals surface area contributed by atoms with Gasteiger partial charge in [0.2, 0.25) is 0 Å². The minimum Gasteiger partial charge on any atom is -0.508 e. The normalized spacial score (nSPS) is 15.6. The number of aromatic hydroxyl groups is 1. The van der Waals surface area contributed by atoms with Gasteiger partial charge in [-0.3, -0.25) is 0 Å². The molecule has 1 aliphatic rings. The summed E-state index contributed by atoms with van der Waals surface area (Å²) in [6.07, 6.45) is 6.98. The third kappa shape index (κ3) is 4.62. The third-order valence-electron chi connectivity index (χ3n) is 5.91. The third-order valence-corrected chi connectivity index (χ3v) is 5.91. The highest BCUT2D eigenvalue weighted by Crippen LogP contribution is 2.44. The maximum atomic E-state index is 9.75. The van der Waals surface area contributed by atoms with Gasteiger partial charge in [0.05, 0.1) is 12.6 Å². The summed E-state index contributed by atoms with van der Waals surface area (Å²) in [5.41, 5.74) is 5.00. The summed E-state index contributed by atoms with van der Waals surface area (Å²) in [6, 6.07) is 25.0. The fourth-order valence-electron chi connectivity index (χ4n) is 4.30. The Balaban J connectivity index is 1.55. The fraction of sp³-hybridized carbons (Fsp3) is 0.333. The van der Waals surface area contributed by atoms with E-state index in [0.717, 1.165) is 37.3 Å². The summed E-state index contributed by atoms with van der Waals surface area (Å²) in [6.45, 7) is 3.01. The van der Waals surface area contributed by atoms with Crippen molar-refractivity contribution in [3.8, 4) is 11.5 Å². The van der Waals surface area contributed by atoms with Crippen molar-refractivity contribution < 1.29 is 9.84 Å². The van der Waals surface area contributed by atoms with Crippen LogP contribution in [-0.2, 0) is 6.42 Å². The summed E-state index contributed by atoms with van der Waals surface area (Å²) < 4.78 is 5.93. The van der Waals surface area contributed by atoms with Crippen molar-refractivity contribution in [2.45, 2.75) is 51.5 Å². The lowest BCUT2D eigenvalue weighted by Gasteiger charge is -2.39. The molecule has 1 aliphatic heterocycles. The molecule has 3 aromatic rings. The van der Waals surface area contributed by atoms with Crippen LogP contribution in [0.3, 0.4) is 0 Å². The zero-order valence-electron chi connectivity index (χ0n) is 17.8. The number of phenols is 1. The van der Waals surface area contributed by atoms with Gasteiger partial charge in [-0.1, -0.05) is 56.5 Å². The SMILES string of the molecule is CCCCCCOc1ccc(C2CCc3ccccc3N2c2ccc(O)cc2)cc1. The molecule has 0 aliphatic carbocycles. The van der Waals surface area contributed by atoms with Crippen LogP contribution in [0.15, 0.2) is 72.8 Å². The van der Waals surface area contributed by atoms with Gasteiger partial charge in [0.15, 0.2) is 0 Å². The number of rotatable bonds is 8. The first-order valence-corrected chi connectivity index (χ1v) is 11.1. The van der Waals surface area contributed by atoms with Gasteiger partial charge < -0.3 is 14.7 Å². The second-order valence-corrected chi connectivity index (χ2v) is 8.05. The molecule has 156 valence electrons. The van der Waals surface area contributed by atoms with Gasteiger partial charge in [0.25, 0.3) is 0 Å². The number of fused-ring (bicyclic) bond motifs is 1. The quantitative estimate of drug-likeness (QED) is 0.406. The highest BCUT2D eigenvalue weighted by Gasteiger charge is 2.28. The summed E-state index contributed by atoms with van der Waals surface area (Å²) in [4.78, 5) is 2.40. The van der Waals surface area contributed by atoms with Crippen molar-refractivity contribution in [1.82, 2.24) is 0 Å². The number of ether oxygens (including phenoxy) is 1. The number of anilines is 2. The van der Waals surface area contributed by atoms with E-state index >= 15 is 0 Å². The molecule has 3 nitrogen and oxygen atoms in total. The molecular formula is C27H31NO2. The molecule has 1 N–H and O–H groups in total. The first-order valence-electron chi connectivity index (χ1n) is 11.1. The van der Waals surface area contributed by atoms with Crippen LogP contribution in [0.25, 0.3) is 0 Å². The van der Waals surface area contributed by atoms with Crippen LogP contribution in [0.2, 0.25) is 0 Å². The molecule has 1 heterocycles. The second kappa shape index (κ2) is 9.71. The monoisotopic (exact) mass is 401 g/mol. The first kappa shape index (κ1) is 20.3. The van der Waals surface area contributed by atoms with Crippen LogP contribution < -0.4 is 9.64 Å². The average Bonchev–Trinajstić information content (AvgIpc) is 2.79. The second-order valence-electron chi connectivity index (χ2n) is 8.05. The van der Waals surface area contributed by atoms with Crippen LogP contribution in [0.1, 0.15) is 56.2 Å². The number of para-hydroxylation sites is 1. The van der Waals surface area contributed by atoms with Crippen molar-refractivity contribution in [3.63, 3.8) is 0 Å². The van der Waals surface area contributed by atoms with Crippen molar-refractivity contribution in [3.05, 3.63) is 83.9 Å². The molecule has 0 bridgehead atoms. The van der Waals surface area contributed by atoms with E-state index in [4.69, 9.17) is 4.74 Å². The van der Waals surface area contributed by atoms with Gasteiger partial charge in [-0.2, -0.15) is 0 Å². The number of unbranched alkanes of at least 4 members (excludes halogenated alkanes) is 3. The fourth-order valence-corrected chi connectivity index (χ4v) is 4.30. The van der Waals surface area contributed by atoms with E-state index < -0.39 is 0 Å². The summed E-state index contributed by atoms with van der Waals surface area (Å²) >= 11 is 0. The van der Waals surface area contributed by atoms with Crippen LogP contribution >= 0.6 is 0 Å². The molecule has 1 unspecified atom stereocenters. The molecule has 30 heavy (non-hydrogen) atoms. The number of hydrogen-bond acceptors (Lipinski definition) is 3. The Morgan fingerprint density at radius 1 is 0.900 bits per heavy atom. The molecule has 0 saturated heterocycles. The predicted molar refractivity (Wildman–Crippen MR) is 124 cm³/mol. The smallest absolute Gasteiger partial charge is 0.119 e. The van der Waals surface area contributed by atoms with Crippen LogP contribution in [0.5, 0.6) is 11.5 Å². The molecule has 0 spiro atoms. The highest BCUT2D eigenvalue weighted by molar-refractivity contribution is 5.70. The lowest BCUT2D eigenvalue weighted by atomic mass is 9.90. The Morgan fingerprint density at radius 3 is 2.43 bits per heavy atom. The van der Waals surface area contributed by atoms with Crippen molar-refractivity contribution in [1.29, 1.82) is 0 Å². The lowest BCUT2D eigenvalue weighted by Crippen LogP contribution is -2.29. The Morgan fingerprint density at radius 2 is 1.67 bits per heavy atom. The van der Waals surface area contributed by atoms with Crippen LogP contribution in [-0.4, -0.2) is 11.7 Å². The van der Waals surface area contributed by atoms with Crippen molar-refractivity contribution >= 4 is 11.4 Å². The minimum absolute atomic E-state index is 0.253. The van der Waals surface area contributed by atoms with E-state index in [1.165, 1.54) is 36.1 Å². The van der Waals surface area contributed by atoms with Gasteiger partial charge in [-0.25, -0.2) is 0 Å². The Labute approximate surface area is 179 Å². The number of phenolic OH excluding ortho intramolecular Hbond substituents is 1. The molecule has 0 fully saturated rings. The van der Waals surface area contributed by atoms with E-state index in [0.29, 0.717) is 5.75 Å². The molecule has 4 rings (SSSR count). The van der Waals surface area contributed by atoms with E-state index in [1.54, 1.807) is 12.1 Å². The number of nitrogens with zero attached hydrogens (tertiary/aromatic N) is 1. The standard InChI is InChI=1S/C27H31NO2/c1-2-3-4-7-20-30-25-17-10-22(11-18-25)27-19-12-21-8-5-6-9-26(21)28(27)23-13-15-24(29)16-14-23/h5-6,8-11,13-18,27,29H,2-4,7,12,19-20H2,1H3. The molecule has 0 amide bonds. The molecule has 1 atom stereocenters.